The molecular formula is C17H16O4. The molecule has 0 atom stereocenters. The van der Waals surface area contributed by atoms with Gasteiger partial charge in [-0.2, -0.15) is 0 Å². The number of aromatic hydroxyl groups is 1. The summed E-state index contributed by atoms with van der Waals surface area (Å²) in [6, 6.07) is 12.0. The molecular weight excluding hydrogens is 268 g/mol. The van der Waals surface area contributed by atoms with Crippen molar-refractivity contribution in [3.05, 3.63) is 64.7 Å². The highest BCUT2D eigenvalue weighted by Crippen LogP contribution is 2.27. The van der Waals surface area contributed by atoms with Crippen LogP contribution in [0.5, 0.6) is 5.75 Å². The summed E-state index contributed by atoms with van der Waals surface area (Å²) in [5, 5.41) is 18.8. The lowest BCUT2D eigenvalue weighted by atomic mass is 9.96. The number of carboxylic acid groups (broad SMARTS) is 1. The fourth-order valence-corrected chi connectivity index (χ4v) is 2.17. The van der Waals surface area contributed by atoms with E-state index in [0.717, 1.165) is 5.56 Å². The van der Waals surface area contributed by atoms with Crippen molar-refractivity contribution in [2.24, 2.45) is 0 Å². The molecule has 0 amide bonds. The van der Waals surface area contributed by atoms with Crippen LogP contribution in [-0.2, 0) is 11.2 Å². The van der Waals surface area contributed by atoms with Crippen molar-refractivity contribution in [3.63, 3.8) is 0 Å². The van der Waals surface area contributed by atoms with Gasteiger partial charge in [-0.1, -0.05) is 36.4 Å². The van der Waals surface area contributed by atoms with Gasteiger partial charge in [0.05, 0.1) is 5.56 Å². The predicted octanol–water partition coefficient (Wildman–Crippen LogP) is 2.95. The second-order valence-corrected chi connectivity index (χ2v) is 4.90. The molecule has 0 saturated heterocycles. The molecule has 0 saturated carbocycles. The normalized spacial score (nSPS) is 10.3. The Bertz CT molecular complexity index is 675. The summed E-state index contributed by atoms with van der Waals surface area (Å²) in [4.78, 5) is 23.1. The van der Waals surface area contributed by atoms with Crippen molar-refractivity contribution in [2.75, 3.05) is 0 Å². The third-order valence-corrected chi connectivity index (χ3v) is 3.27. The predicted molar refractivity (Wildman–Crippen MR) is 78.7 cm³/mol. The highest BCUT2D eigenvalue weighted by atomic mass is 16.4. The second-order valence-electron chi connectivity index (χ2n) is 4.90. The smallest absolute Gasteiger partial charge is 0.303 e. The van der Waals surface area contributed by atoms with Crippen LogP contribution in [0.1, 0.15) is 33.5 Å². The van der Waals surface area contributed by atoms with E-state index in [1.165, 1.54) is 0 Å². The van der Waals surface area contributed by atoms with Crippen molar-refractivity contribution in [1.82, 2.24) is 0 Å². The standard InChI is InChI=1S/C17H16O4/c1-11-9-12(7-8-15(18)19)10-14(16(11)20)17(21)13-5-3-2-4-6-13/h2-6,9-10,20H,7-8H2,1H3,(H,18,19). The van der Waals surface area contributed by atoms with Crippen LogP contribution < -0.4 is 0 Å². The number of carboxylic acids is 1. The van der Waals surface area contributed by atoms with E-state index in [2.05, 4.69) is 0 Å². The Labute approximate surface area is 122 Å². The molecule has 4 nitrogen and oxygen atoms in total. The van der Waals surface area contributed by atoms with Crippen LogP contribution in [0.4, 0.5) is 0 Å². The van der Waals surface area contributed by atoms with Crippen molar-refractivity contribution in [3.8, 4) is 5.75 Å². The molecule has 2 rings (SSSR count). The summed E-state index contributed by atoms with van der Waals surface area (Å²) in [6.07, 6.45) is 0.314. The van der Waals surface area contributed by atoms with Gasteiger partial charge in [0, 0.05) is 12.0 Å². The Balaban J connectivity index is 2.38. The molecule has 2 N–H and O–H groups in total. The lowest BCUT2D eigenvalue weighted by molar-refractivity contribution is -0.136. The van der Waals surface area contributed by atoms with Gasteiger partial charge in [0.1, 0.15) is 5.75 Å². The zero-order chi connectivity index (χ0) is 15.4. The minimum atomic E-state index is -0.892. The zero-order valence-corrected chi connectivity index (χ0v) is 11.7. The van der Waals surface area contributed by atoms with E-state index in [1.807, 2.05) is 6.07 Å². The molecule has 0 heterocycles. The van der Waals surface area contributed by atoms with Crippen LogP contribution in [0.25, 0.3) is 0 Å². The molecule has 108 valence electrons. The lowest BCUT2D eigenvalue weighted by Gasteiger charge is -2.10. The quantitative estimate of drug-likeness (QED) is 0.828. The molecule has 0 aliphatic heterocycles. The third kappa shape index (κ3) is 3.48. The van der Waals surface area contributed by atoms with Gasteiger partial charge in [-0.25, -0.2) is 0 Å². The minimum absolute atomic E-state index is 0.0107. The van der Waals surface area contributed by atoms with Gasteiger partial charge in [0.25, 0.3) is 0 Å². The average Bonchev–Trinajstić information content (AvgIpc) is 2.48. The summed E-state index contributed by atoms with van der Waals surface area (Å²) < 4.78 is 0. The maximum atomic E-state index is 12.4. The summed E-state index contributed by atoms with van der Waals surface area (Å²) in [6.45, 7) is 1.70. The molecule has 0 aliphatic rings. The number of rotatable bonds is 5. The number of benzene rings is 2. The van der Waals surface area contributed by atoms with Crippen LogP contribution in [0.2, 0.25) is 0 Å². The Hall–Kier alpha value is -2.62. The fraction of sp³-hybridized carbons (Fsp3) is 0.176. The van der Waals surface area contributed by atoms with E-state index in [9.17, 15) is 14.7 Å². The maximum Gasteiger partial charge on any atom is 0.303 e. The van der Waals surface area contributed by atoms with E-state index < -0.39 is 5.97 Å². The first-order valence-electron chi connectivity index (χ1n) is 6.63. The maximum absolute atomic E-state index is 12.4. The Morgan fingerprint density at radius 2 is 1.76 bits per heavy atom. The number of ketones is 1. The van der Waals surface area contributed by atoms with Crippen LogP contribution in [0, 0.1) is 6.92 Å². The number of aliphatic carboxylic acids is 1. The SMILES string of the molecule is Cc1cc(CCC(=O)O)cc(C(=O)c2ccccc2)c1O. The fourth-order valence-electron chi connectivity index (χ4n) is 2.17. The number of aryl methyl sites for hydroxylation is 2. The van der Waals surface area contributed by atoms with Crippen molar-refractivity contribution in [2.45, 2.75) is 19.8 Å². The molecule has 0 unspecified atom stereocenters. The van der Waals surface area contributed by atoms with Crippen LogP contribution in [0.3, 0.4) is 0 Å². The van der Waals surface area contributed by atoms with E-state index in [0.29, 0.717) is 17.5 Å². The Morgan fingerprint density at radius 1 is 1.10 bits per heavy atom. The average molecular weight is 284 g/mol. The summed E-state index contributed by atoms with van der Waals surface area (Å²) in [5.74, 6) is -1.21. The minimum Gasteiger partial charge on any atom is -0.507 e. The van der Waals surface area contributed by atoms with Crippen molar-refractivity contribution >= 4 is 11.8 Å². The Kier molecular flexibility index (Phi) is 4.38. The summed E-state index contributed by atoms with van der Waals surface area (Å²) in [5.41, 5.74) is 1.99. The first kappa shape index (κ1) is 14.8. The highest BCUT2D eigenvalue weighted by Gasteiger charge is 2.16. The summed E-state index contributed by atoms with van der Waals surface area (Å²) in [7, 11) is 0. The molecule has 4 heteroatoms. The van der Waals surface area contributed by atoms with Crippen molar-refractivity contribution < 1.29 is 19.8 Å². The largest absolute Gasteiger partial charge is 0.507 e. The molecule has 0 radical (unpaired) electrons. The third-order valence-electron chi connectivity index (χ3n) is 3.27. The number of phenols is 1. The van der Waals surface area contributed by atoms with Gasteiger partial charge in [0.15, 0.2) is 5.78 Å². The highest BCUT2D eigenvalue weighted by molar-refractivity contribution is 6.11. The zero-order valence-electron chi connectivity index (χ0n) is 11.7. The van der Waals surface area contributed by atoms with Crippen LogP contribution in [-0.4, -0.2) is 22.0 Å². The molecule has 2 aromatic carbocycles. The van der Waals surface area contributed by atoms with Crippen molar-refractivity contribution in [1.29, 1.82) is 0 Å². The van der Waals surface area contributed by atoms with E-state index in [-0.39, 0.29) is 23.5 Å². The number of carbonyl (C=O) groups excluding carboxylic acids is 1. The van der Waals surface area contributed by atoms with Gasteiger partial charge in [0.2, 0.25) is 0 Å². The van der Waals surface area contributed by atoms with Gasteiger partial charge in [-0.3, -0.25) is 9.59 Å². The molecule has 0 fully saturated rings. The molecule has 2 aromatic rings. The van der Waals surface area contributed by atoms with Gasteiger partial charge in [-0.15, -0.1) is 0 Å². The van der Waals surface area contributed by atoms with E-state index in [4.69, 9.17) is 5.11 Å². The monoisotopic (exact) mass is 284 g/mol. The molecule has 21 heavy (non-hydrogen) atoms. The number of phenolic OH excluding ortho intramolecular Hbond substituents is 1. The first-order valence-corrected chi connectivity index (χ1v) is 6.63. The van der Waals surface area contributed by atoms with Crippen LogP contribution >= 0.6 is 0 Å². The van der Waals surface area contributed by atoms with Gasteiger partial charge < -0.3 is 10.2 Å². The van der Waals surface area contributed by atoms with E-state index in [1.54, 1.807) is 43.3 Å². The topological polar surface area (TPSA) is 74.6 Å². The first-order chi connectivity index (χ1) is 9.99. The Morgan fingerprint density at radius 3 is 2.38 bits per heavy atom. The second kappa shape index (κ2) is 6.22. The van der Waals surface area contributed by atoms with E-state index >= 15 is 0 Å². The lowest BCUT2D eigenvalue weighted by Crippen LogP contribution is -2.05. The van der Waals surface area contributed by atoms with Gasteiger partial charge in [-0.05, 0) is 30.5 Å². The molecule has 0 bridgehead atoms. The summed E-state index contributed by atoms with van der Waals surface area (Å²) >= 11 is 0. The molecule has 0 aliphatic carbocycles. The molecule has 0 aromatic heterocycles. The van der Waals surface area contributed by atoms with Crippen LogP contribution in [0.15, 0.2) is 42.5 Å². The number of hydrogen-bond acceptors (Lipinski definition) is 3. The number of hydrogen-bond donors (Lipinski definition) is 2. The molecule has 0 spiro atoms. The number of carbonyl (C=O) groups is 2. The van der Waals surface area contributed by atoms with Gasteiger partial charge >= 0.3 is 5.97 Å².